The lowest BCUT2D eigenvalue weighted by Gasteiger charge is -2.03. The first kappa shape index (κ1) is 11.1. The van der Waals surface area contributed by atoms with Crippen LogP contribution in [0.2, 0.25) is 0 Å². The van der Waals surface area contributed by atoms with E-state index in [1.165, 1.54) is 0 Å². The van der Waals surface area contributed by atoms with Gasteiger partial charge in [-0.1, -0.05) is 0 Å². The van der Waals surface area contributed by atoms with Crippen molar-refractivity contribution in [1.29, 1.82) is 0 Å². The third-order valence-electron chi connectivity index (χ3n) is 1.84. The first-order valence-electron chi connectivity index (χ1n) is 4.37. The Kier molecular flexibility index (Phi) is 4.00. The van der Waals surface area contributed by atoms with E-state index >= 15 is 0 Å². The van der Waals surface area contributed by atoms with Crippen LogP contribution in [-0.2, 0) is 17.5 Å². The summed E-state index contributed by atoms with van der Waals surface area (Å²) in [5.41, 5.74) is 1.49. The van der Waals surface area contributed by atoms with Gasteiger partial charge in [-0.25, -0.2) is 4.79 Å². The van der Waals surface area contributed by atoms with E-state index < -0.39 is 0 Å². The fourth-order valence-corrected chi connectivity index (χ4v) is 1.77. The van der Waals surface area contributed by atoms with Crippen molar-refractivity contribution in [1.82, 2.24) is 9.78 Å². The van der Waals surface area contributed by atoms with Gasteiger partial charge < -0.3 is 4.74 Å². The van der Waals surface area contributed by atoms with Crippen LogP contribution >= 0.6 is 11.8 Å². The molecule has 78 valence electrons. The van der Waals surface area contributed by atoms with Gasteiger partial charge in [-0.2, -0.15) is 16.9 Å². The monoisotopic (exact) mass is 214 g/mol. The fraction of sp³-hybridized carbons (Fsp3) is 0.556. The Morgan fingerprint density at radius 3 is 3.00 bits per heavy atom. The number of thioether (sulfide) groups is 1. The van der Waals surface area contributed by atoms with E-state index in [-0.39, 0.29) is 5.97 Å². The lowest BCUT2D eigenvalue weighted by atomic mass is 10.3. The molecule has 0 saturated carbocycles. The molecule has 0 fully saturated rings. The van der Waals surface area contributed by atoms with Gasteiger partial charge in [-0.3, -0.25) is 4.68 Å². The van der Waals surface area contributed by atoms with Crippen LogP contribution in [0.1, 0.15) is 23.0 Å². The van der Waals surface area contributed by atoms with E-state index in [1.807, 2.05) is 13.3 Å². The molecule has 0 N–H and O–H groups in total. The Morgan fingerprint density at radius 2 is 2.43 bits per heavy atom. The summed E-state index contributed by atoms with van der Waals surface area (Å²) in [5.74, 6) is 0.481. The van der Waals surface area contributed by atoms with Crippen molar-refractivity contribution in [2.24, 2.45) is 7.05 Å². The molecule has 0 spiro atoms. The number of nitrogens with zero attached hydrogens (tertiary/aromatic N) is 2. The van der Waals surface area contributed by atoms with Gasteiger partial charge in [0.2, 0.25) is 0 Å². The van der Waals surface area contributed by atoms with Gasteiger partial charge >= 0.3 is 5.97 Å². The molecule has 0 bridgehead atoms. The molecular formula is C9H14N2O2S. The Bertz CT molecular complexity index is 323. The molecule has 0 unspecified atom stereocenters. The SMILES string of the molecule is CCOC(=O)c1cnn(C)c1CSC. The molecule has 1 heterocycles. The quantitative estimate of drug-likeness (QED) is 0.712. The summed E-state index contributed by atoms with van der Waals surface area (Å²) in [7, 11) is 1.83. The first-order valence-corrected chi connectivity index (χ1v) is 5.77. The van der Waals surface area contributed by atoms with Crippen molar-refractivity contribution in [2.45, 2.75) is 12.7 Å². The highest BCUT2D eigenvalue weighted by Crippen LogP contribution is 2.14. The summed E-state index contributed by atoms with van der Waals surface area (Å²) in [6.45, 7) is 2.19. The predicted octanol–water partition coefficient (Wildman–Crippen LogP) is 1.46. The second kappa shape index (κ2) is 5.05. The fourth-order valence-electron chi connectivity index (χ4n) is 1.15. The van der Waals surface area contributed by atoms with Gasteiger partial charge in [0, 0.05) is 12.8 Å². The Balaban J connectivity index is 2.90. The van der Waals surface area contributed by atoms with Crippen molar-refractivity contribution in [3.63, 3.8) is 0 Å². The number of esters is 1. The van der Waals surface area contributed by atoms with E-state index in [0.29, 0.717) is 12.2 Å². The number of aromatic nitrogens is 2. The largest absolute Gasteiger partial charge is 0.462 e. The average molecular weight is 214 g/mol. The molecule has 1 aromatic rings. The number of hydrogen-bond acceptors (Lipinski definition) is 4. The number of rotatable bonds is 4. The minimum absolute atomic E-state index is 0.287. The highest BCUT2D eigenvalue weighted by Gasteiger charge is 2.16. The van der Waals surface area contributed by atoms with Crippen LogP contribution in [0.4, 0.5) is 0 Å². The molecule has 1 aromatic heterocycles. The van der Waals surface area contributed by atoms with Crippen molar-refractivity contribution in [3.05, 3.63) is 17.5 Å². The zero-order valence-electron chi connectivity index (χ0n) is 8.61. The van der Waals surface area contributed by atoms with Crippen molar-refractivity contribution >= 4 is 17.7 Å². The smallest absolute Gasteiger partial charge is 0.341 e. The lowest BCUT2D eigenvalue weighted by molar-refractivity contribution is 0.0525. The maximum atomic E-state index is 11.5. The average Bonchev–Trinajstić information content (AvgIpc) is 2.50. The van der Waals surface area contributed by atoms with Gasteiger partial charge in [0.05, 0.1) is 18.5 Å². The molecule has 0 aliphatic heterocycles. The van der Waals surface area contributed by atoms with E-state index in [0.717, 1.165) is 11.4 Å². The lowest BCUT2D eigenvalue weighted by Crippen LogP contribution is -2.08. The van der Waals surface area contributed by atoms with Gasteiger partial charge in [0.15, 0.2) is 0 Å². The maximum absolute atomic E-state index is 11.5. The van der Waals surface area contributed by atoms with Crippen molar-refractivity contribution in [2.75, 3.05) is 12.9 Å². The standard InChI is InChI=1S/C9H14N2O2S/c1-4-13-9(12)7-5-10-11(2)8(7)6-14-3/h5H,4,6H2,1-3H3. The number of aryl methyl sites for hydroxylation is 1. The van der Waals surface area contributed by atoms with Gasteiger partial charge in [-0.05, 0) is 13.2 Å². The Hall–Kier alpha value is -0.970. The van der Waals surface area contributed by atoms with Crippen LogP contribution in [-0.4, -0.2) is 28.6 Å². The number of carbonyl (C=O) groups excluding carboxylic acids is 1. The molecule has 0 aromatic carbocycles. The highest BCUT2D eigenvalue weighted by molar-refractivity contribution is 7.97. The second-order valence-electron chi connectivity index (χ2n) is 2.78. The minimum Gasteiger partial charge on any atom is -0.462 e. The number of ether oxygens (including phenoxy) is 1. The molecule has 0 radical (unpaired) electrons. The van der Waals surface area contributed by atoms with Crippen molar-refractivity contribution in [3.8, 4) is 0 Å². The van der Waals surface area contributed by atoms with Crippen LogP contribution in [0.5, 0.6) is 0 Å². The molecule has 14 heavy (non-hydrogen) atoms. The third-order valence-corrected chi connectivity index (χ3v) is 2.40. The number of carbonyl (C=O) groups is 1. The zero-order chi connectivity index (χ0) is 10.6. The molecule has 0 saturated heterocycles. The molecule has 4 nitrogen and oxygen atoms in total. The second-order valence-corrected chi connectivity index (χ2v) is 3.65. The van der Waals surface area contributed by atoms with E-state index in [9.17, 15) is 4.79 Å². The summed E-state index contributed by atoms with van der Waals surface area (Å²) in [6.07, 6.45) is 3.55. The maximum Gasteiger partial charge on any atom is 0.341 e. The number of hydrogen-bond donors (Lipinski definition) is 0. The van der Waals surface area contributed by atoms with Gasteiger partial charge in [0.25, 0.3) is 0 Å². The van der Waals surface area contributed by atoms with Crippen LogP contribution in [0.25, 0.3) is 0 Å². The Morgan fingerprint density at radius 1 is 1.71 bits per heavy atom. The Labute approximate surface area is 87.6 Å². The summed E-state index contributed by atoms with van der Waals surface area (Å²) in [5, 5.41) is 4.04. The van der Waals surface area contributed by atoms with Crippen LogP contribution < -0.4 is 0 Å². The predicted molar refractivity (Wildman–Crippen MR) is 56.4 cm³/mol. The summed E-state index contributed by atoms with van der Waals surface area (Å²) < 4.78 is 6.64. The van der Waals surface area contributed by atoms with Crippen LogP contribution in [0.3, 0.4) is 0 Å². The van der Waals surface area contributed by atoms with Crippen LogP contribution in [0.15, 0.2) is 6.20 Å². The normalized spacial score (nSPS) is 10.2. The molecule has 1 rings (SSSR count). The van der Waals surface area contributed by atoms with Crippen LogP contribution in [0, 0.1) is 0 Å². The zero-order valence-corrected chi connectivity index (χ0v) is 9.43. The topological polar surface area (TPSA) is 44.1 Å². The van der Waals surface area contributed by atoms with E-state index in [2.05, 4.69) is 5.10 Å². The highest BCUT2D eigenvalue weighted by atomic mass is 32.2. The summed E-state index contributed by atoms with van der Waals surface area (Å²) in [4.78, 5) is 11.5. The molecule has 5 heteroatoms. The van der Waals surface area contributed by atoms with Gasteiger partial charge in [0.1, 0.15) is 5.56 Å². The first-order chi connectivity index (χ1) is 6.70. The third kappa shape index (κ3) is 2.29. The molecule has 0 aliphatic rings. The van der Waals surface area contributed by atoms with E-state index in [1.54, 1.807) is 29.6 Å². The summed E-state index contributed by atoms with van der Waals surface area (Å²) in [6, 6.07) is 0. The minimum atomic E-state index is -0.287. The molecule has 0 atom stereocenters. The van der Waals surface area contributed by atoms with E-state index in [4.69, 9.17) is 4.74 Å². The molecular weight excluding hydrogens is 200 g/mol. The molecule has 0 aliphatic carbocycles. The summed E-state index contributed by atoms with van der Waals surface area (Å²) >= 11 is 1.65. The van der Waals surface area contributed by atoms with Crippen molar-refractivity contribution < 1.29 is 9.53 Å². The molecule has 0 amide bonds. The van der Waals surface area contributed by atoms with Gasteiger partial charge in [-0.15, -0.1) is 0 Å².